The first-order chi connectivity index (χ1) is 8.54. The first kappa shape index (κ1) is 14.7. The summed E-state index contributed by atoms with van der Waals surface area (Å²) in [6, 6.07) is -0.928. The van der Waals surface area contributed by atoms with Gasteiger partial charge in [-0.15, -0.1) is 0 Å². The van der Waals surface area contributed by atoms with E-state index in [-0.39, 0.29) is 10.8 Å². The molecule has 98 valence electrons. The van der Waals surface area contributed by atoms with E-state index < -0.39 is 17.9 Å². The minimum atomic E-state index is -1.07. The quantitative estimate of drug-likeness (QED) is 0.814. The summed E-state index contributed by atoms with van der Waals surface area (Å²) < 4.78 is 0. The highest BCUT2D eigenvalue weighted by Crippen LogP contribution is 2.04. The molecule has 0 radical (unpaired) electrons. The Morgan fingerprint density at radius 2 is 2.22 bits per heavy atom. The van der Waals surface area contributed by atoms with Crippen molar-refractivity contribution < 1.29 is 14.7 Å². The average molecular weight is 290 g/mol. The summed E-state index contributed by atoms with van der Waals surface area (Å²) >= 11 is 7.05. The van der Waals surface area contributed by atoms with Gasteiger partial charge >= 0.3 is 5.97 Å². The number of carboxylic acids is 1. The van der Waals surface area contributed by atoms with Gasteiger partial charge in [0.25, 0.3) is 5.91 Å². The summed E-state index contributed by atoms with van der Waals surface area (Å²) in [7, 11) is 0. The van der Waals surface area contributed by atoms with Crippen molar-refractivity contribution in [3.63, 3.8) is 0 Å². The number of halogens is 1. The molecular weight excluding hydrogens is 278 g/mol. The van der Waals surface area contributed by atoms with Crippen LogP contribution in [0.1, 0.15) is 16.9 Å². The van der Waals surface area contributed by atoms with Crippen LogP contribution in [-0.4, -0.2) is 45.0 Å². The summed E-state index contributed by atoms with van der Waals surface area (Å²) in [4.78, 5) is 30.1. The topological polar surface area (TPSA) is 92.2 Å². The van der Waals surface area contributed by atoms with Crippen LogP contribution in [0.4, 0.5) is 0 Å². The van der Waals surface area contributed by atoms with Crippen LogP contribution in [-0.2, 0) is 4.79 Å². The Balaban J connectivity index is 2.66. The van der Waals surface area contributed by atoms with Crippen molar-refractivity contribution in [1.29, 1.82) is 0 Å². The Hall–Kier alpha value is -1.34. The van der Waals surface area contributed by atoms with Gasteiger partial charge in [0.05, 0.1) is 12.4 Å². The second kappa shape index (κ2) is 7.17. The van der Waals surface area contributed by atoms with Crippen LogP contribution in [0.3, 0.4) is 0 Å². The number of nitrogens with zero attached hydrogens (tertiary/aromatic N) is 2. The van der Waals surface area contributed by atoms with E-state index in [1.807, 2.05) is 6.26 Å². The molecule has 1 amide bonds. The van der Waals surface area contributed by atoms with E-state index in [2.05, 4.69) is 15.3 Å². The Kier molecular flexibility index (Phi) is 5.87. The Bertz CT molecular complexity index is 427. The van der Waals surface area contributed by atoms with Crippen molar-refractivity contribution in [2.45, 2.75) is 12.5 Å². The number of aliphatic carboxylic acids is 1. The Labute approximate surface area is 113 Å². The zero-order valence-corrected chi connectivity index (χ0v) is 11.2. The highest BCUT2D eigenvalue weighted by atomic mass is 35.5. The number of thioether (sulfide) groups is 1. The molecule has 0 aliphatic heterocycles. The second-order valence-corrected chi connectivity index (χ2v) is 4.74. The Morgan fingerprint density at radius 3 is 2.72 bits per heavy atom. The standard InChI is InChI=1S/C10H12ClN3O3S/c1-18-3-2-6(10(16)17)14-9(15)7-4-13-8(11)5-12-7/h4-6H,2-3H2,1H3,(H,14,15)(H,16,17)/t6-/m0/s1. The summed E-state index contributed by atoms with van der Waals surface area (Å²) in [6.45, 7) is 0. The summed E-state index contributed by atoms with van der Waals surface area (Å²) in [5.41, 5.74) is 0.0369. The minimum absolute atomic E-state index is 0.0369. The van der Waals surface area contributed by atoms with Crippen LogP contribution >= 0.6 is 23.4 Å². The zero-order valence-electron chi connectivity index (χ0n) is 9.59. The van der Waals surface area contributed by atoms with Crippen molar-refractivity contribution in [2.75, 3.05) is 12.0 Å². The first-order valence-corrected chi connectivity index (χ1v) is 6.82. The molecule has 0 saturated carbocycles. The molecule has 1 heterocycles. The van der Waals surface area contributed by atoms with Gasteiger partial charge < -0.3 is 10.4 Å². The largest absolute Gasteiger partial charge is 0.480 e. The van der Waals surface area contributed by atoms with E-state index in [9.17, 15) is 9.59 Å². The van der Waals surface area contributed by atoms with Crippen LogP contribution in [0.25, 0.3) is 0 Å². The molecule has 2 N–H and O–H groups in total. The molecule has 0 unspecified atom stereocenters. The third-order valence-corrected chi connectivity index (χ3v) is 2.91. The highest BCUT2D eigenvalue weighted by molar-refractivity contribution is 7.98. The number of carbonyl (C=O) groups is 2. The third kappa shape index (κ3) is 4.50. The maximum atomic E-state index is 11.7. The van der Waals surface area contributed by atoms with Gasteiger partial charge in [0.1, 0.15) is 16.9 Å². The van der Waals surface area contributed by atoms with Crippen LogP contribution in [0.15, 0.2) is 12.4 Å². The maximum absolute atomic E-state index is 11.7. The van der Waals surface area contributed by atoms with Crippen LogP contribution in [0, 0.1) is 0 Å². The fourth-order valence-electron chi connectivity index (χ4n) is 1.15. The van der Waals surface area contributed by atoms with E-state index in [1.54, 1.807) is 0 Å². The average Bonchev–Trinajstić information content (AvgIpc) is 2.34. The molecule has 1 atom stereocenters. The molecule has 6 nitrogen and oxygen atoms in total. The molecule has 0 bridgehead atoms. The molecule has 0 fully saturated rings. The number of carboxylic acid groups (broad SMARTS) is 1. The number of carbonyl (C=O) groups excluding carboxylic acids is 1. The second-order valence-electron chi connectivity index (χ2n) is 3.37. The van der Waals surface area contributed by atoms with E-state index in [1.165, 1.54) is 24.2 Å². The van der Waals surface area contributed by atoms with E-state index >= 15 is 0 Å². The fourth-order valence-corrected chi connectivity index (χ4v) is 1.72. The molecule has 1 rings (SSSR count). The number of hydrogen-bond acceptors (Lipinski definition) is 5. The predicted octanol–water partition coefficient (Wildman–Crippen LogP) is 1.07. The first-order valence-electron chi connectivity index (χ1n) is 5.04. The van der Waals surface area contributed by atoms with Gasteiger partial charge in [0.2, 0.25) is 0 Å². The summed E-state index contributed by atoms with van der Waals surface area (Å²) in [6.07, 6.45) is 4.65. The van der Waals surface area contributed by atoms with Gasteiger partial charge in [-0.1, -0.05) is 11.6 Å². The van der Waals surface area contributed by atoms with Crippen molar-refractivity contribution >= 4 is 35.2 Å². The number of amides is 1. The fraction of sp³-hybridized carbons (Fsp3) is 0.400. The molecule has 8 heteroatoms. The lowest BCUT2D eigenvalue weighted by atomic mass is 10.2. The van der Waals surface area contributed by atoms with E-state index in [0.29, 0.717) is 12.2 Å². The normalized spacial score (nSPS) is 11.9. The molecular formula is C10H12ClN3O3S. The smallest absolute Gasteiger partial charge is 0.326 e. The molecule has 0 aliphatic rings. The SMILES string of the molecule is CSCC[C@H](NC(=O)c1cnc(Cl)cn1)C(=O)O. The van der Waals surface area contributed by atoms with Crippen molar-refractivity contribution in [3.8, 4) is 0 Å². The van der Waals surface area contributed by atoms with Crippen molar-refractivity contribution in [3.05, 3.63) is 23.2 Å². The van der Waals surface area contributed by atoms with Crippen LogP contribution < -0.4 is 5.32 Å². The number of aromatic nitrogens is 2. The molecule has 1 aromatic heterocycles. The van der Waals surface area contributed by atoms with E-state index in [4.69, 9.17) is 16.7 Å². The minimum Gasteiger partial charge on any atom is -0.480 e. The molecule has 18 heavy (non-hydrogen) atoms. The van der Waals surface area contributed by atoms with Gasteiger partial charge in [-0.25, -0.2) is 14.8 Å². The summed E-state index contributed by atoms with van der Waals surface area (Å²) in [5, 5.41) is 11.5. The highest BCUT2D eigenvalue weighted by Gasteiger charge is 2.20. The van der Waals surface area contributed by atoms with Gasteiger partial charge in [-0.05, 0) is 18.4 Å². The van der Waals surface area contributed by atoms with Gasteiger partial charge in [-0.3, -0.25) is 4.79 Å². The van der Waals surface area contributed by atoms with Gasteiger partial charge in [-0.2, -0.15) is 11.8 Å². The maximum Gasteiger partial charge on any atom is 0.326 e. The van der Waals surface area contributed by atoms with E-state index in [0.717, 1.165) is 0 Å². The van der Waals surface area contributed by atoms with Crippen LogP contribution in [0.5, 0.6) is 0 Å². The molecule has 1 aromatic rings. The number of rotatable bonds is 6. The lowest BCUT2D eigenvalue weighted by molar-refractivity contribution is -0.139. The van der Waals surface area contributed by atoms with Crippen molar-refractivity contribution in [2.24, 2.45) is 0 Å². The zero-order chi connectivity index (χ0) is 13.5. The number of nitrogens with one attached hydrogen (secondary N) is 1. The van der Waals surface area contributed by atoms with Gasteiger partial charge in [0, 0.05) is 0 Å². The number of hydrogen-bond donors (Lipinski definition) is 2. The molecule has 0 aliphatic carbocycles. The predicted molar refractivity (Wildman–Crippen MR) is 68.9 cm³/mol. The monoisotopic (exact) mass is 289 g/mol. The molecule has 0 aromatic carbocycles. The van der Waals surface area contributed by atoms with Gasteiger partial charge in [0.15, 0.2) is 0 Å². The lowest BCUT2D eigenvalue weighted by Crippen LogP contribution is -2.41. The lowest BCUT2D eigenvalue weighted by Gasteiger charge is -2.13. The summed E-state index contributed by atoms with van der Waals surface area (Å²) in [5.74, 6) is -1.00. The molecule has 0 saturated heterocycles. The van der Waals surface area contributed by atoms with Crippen molar-refractivity contribution in [1.82, 2.24) is 15.3 Å². The van der Waals surface area contributed by atoms with Crippen LogP contribution in [0.2, 0.25) is 5.15 Å². The third-order valence-electron chi connectivity index (χ3n) is 2.07. The molecule has 0 spiro atoms. The Morgan fingerprint density at radius 1 is 1.50 bits per heavy atom.